The molecule has 4 nitrogen and oxygen atoms in total. The number of aliphatic hydroxyl groups is 1. The van der Waals surface area contributed by atoms with Crippen molar-refractivity contribution in [1.29, 1.82) is 0 Å². The van der Waals surface area contributed by atoms with Crippen LogP contribution < -0.4 is 0 Å². The van der Waals surface area contributed by atoms with Crippen molar-refractivity contribution in [2.24, 2.45) is 5.92 Å². The van der Waals surface area contributed by atoms with Crippen molar-refractivity contribution in [1.82, 2.24) is 0 Å². The lowest BCUT2D eigenvalue weighted by molar-refractivity contribution is -0.385. The minimum atomic E-state index is -0.414. The molecule has 1 aromatic rings. The Morgan fingerprint density at radius 3 is 2.74 bits per heavy atom. The number of nitro benzene ring substituents is 1. The zero-order valence-corrected chi connectivity index (χ0v) is 11.5. The summed E-state index contributed by atoms with van der Waals surface area (Å²) in [7, 11) is 0. The van der Waals surface area contributed by atoms with Crippen molar-refractivity contribution >= 4 is 17.3 Å². The van der Waals surface area contributed by atoms with Crippen LogP contribution in [0.5, 0.6) is 0 Å². The molecule has 1 aliphatic rings. The summed E-state index contributed by atoms with van der Waals surface area (Å²) in [5.74, 6) is 0.367. The maximum Gasteiger partial charge on any atom is 0.274 e. The molecule has 1 N–H and O–H groups in total. The van der Waals surface area contributed by atoms with Crippen LogP contribution in [0.15, 0.2) is 18.2 Å². The molecule has 0 amide bonds. The van der Waals surface area contributed by atoms with Gasteiger partial charge < -0.3 is 5.11 Å². The summed E-state index contributed by atoms with van der Waals surface area (Å²) in [6, 6.07) is 4.71. The summed E-state index contributed by atoms with van der Waals surface area (Å²) in [6.45, 7) is 0. The Kier molecular flexibility index (Phi) is 4.77. The molecule has 19 heavy (non-hydrogen) atoms. The number of nitro groups is 1. The Labute approximate surface area is 117 Å². The van der Waals surface area contributed by atoms with Gasteiger partial charge in [0.1, 0.15) is 0 Å². The lowest BCUT2D eigenvalue weighted by Crippen LogP contribution is -2.18. The van der Waals surface area contributed by atoms with Crippen molar-refractivity contribution in [3.05, 3.63) is 38.9 Å². The molecule has 0 radical (unpaired) electrons. The molecule has 0 spiro atoms. The maximum atomic E-state index is 11.0. The van der Waals surface area contributed by atoms with Crippen LogP contribution in [0.3, 0.4) is 0 Å². The van der Waals surface area contributed by atoms with Gasteiger partial charge in [-0.15, -0.1) is 0 Å². The van der Waals surface area contributed by atoms with E-state index in [1.807, 2.05) is 0 Å². The first-order valence-electron chi connectivity index (χ1n) is 6.69. The number of hydrogen-bond acceptors (Lipinski definition) is 3. The molecule has 0 saturated heterocycles. The molecule has 5 heteroatoms. The van der Waals surface area contributed by atoms with Crippen LogP contribution in [-0.4, -0.2) is 16.1 Å². The fraction of sp³-hybridized carbons (Fsp3) is 0.571. The highest BCUT2D eigenvalue weighted by Crippen LogP contribution is 2.31. The Hall–Kier alpha value is -1.13. The topological polar surface area (TPSA) is 63.4 Å². The van der Waals surface area contributed by atoms with Crippen molar-refractivity contribution < 1.29 is 10.0 Å². The molecule has 0 bridgehead atoms. The second kappa shape index (κ2) is 6.35. The van der Waals surface area contributed by atoms with Crippen LogP contribution in [0.2, 0.25) is 5.02 Å². The minimum absolute atomic E-state index is 0.0473. The molecule has 1 unspecified atom stereocenters. The van der Waals surface area contributed by atoms with E-state index < -0.39 is 4.92 Å². The number of benzene rings is 1. The average Bonchev–Trinajstić information content (AvgIpc) is 2.90. The highest BCUT2D eigenvalue weighted by Gasteiger charge is 2.24. The van der Waals surface area contributed by atoms with E-state index in [4.69, 9.17) is 11.6 Å². The zero-order chi connectivity index (χ0) is 13.8. The van der Waals surface area contributed by atoms with Crippen LogP contribution in [0.25, 0.3) is 0 Å². The van der Waals surface area contributed by atoms with Gasteiger partial charge >= 0.3 is 0 Å². The lowest BCUT2D eigenvalue weighted by atomic mass is 9.95. The van der Waals surface area contributed by atoms with E-state index in [9.17, 15) is 15.2 Å². The number of halogens is 1. The molecule has 1 atom stereocenters. The zero-order valence-electron chi connectivity index (χ0n) is 10.7. The predicted molar refractivity (Wildman–Crippen MR) is 74.4 cm³/mol. The molecule has 0 aliphatic heterocycles. The second-order valence-corrected chi connectivity index (χ2v) is 5.62. The first kappa shape index (κ1) is 14.3. The molecule has 1 fully saturated rings. The summed E-state index contributed by atoms with van der Waals surface area (Å²) in [5, 5.41) is 21.4. The molecule has 1 saturated carbocycles. The van der Waals surface area contributed by atoms with Gasteiger partial charge in [0, 0.05) is 16.7 Å². The first-order chi connectivity index (χ1) is 9.08. The highest BCUT2D eigenvalue weighted by atomic mass is 35.5. The number of rotatable bonds is 5. The third-order valence-corrected chi connectivity index (χ3v) is 4.13. The normalized spacial score (nSPS) is 17.6. The van der Waals surface area contributed by atoms with E-state index in [-0.39, 0.29) is 11.8 Å². The molecule has 2 rings (SSSR count). The standard InChI is InChI=1S/C14H18ClNO3/c15-12-7-5-10(13(9-12)16(18)19)6-8-14(17)11-3-1-2-4-11/h5,7,9,11,14,17H,1-4,6,8H2. The van der Waals surface area contributed by atoms with Gasteiger partial charge in [-0.25, -0.2) is 0 Å². The van der Waals surface area contributed by atoms with Crippen molar-refractivity contribution in [3.63, 3.8) is 0 Å². The number of hydrogen-bond donors (Lipinski definition) is 1. The average molecular weight is 284 g/mol. The smallest absolute Gasteiger partial charge is 0.274 e. The number of nitrogens with zero attached hydrogens (tertiary/aromatic N) is 1. The third kappa shape index (κ3) is 3.67. The van der Waals surface area contributed by atoms with Gasteiger partial charge in [-0.2, -0.15) is 0 Å². The van der Waals surface area contributed by atoms with Crippen LogP contribution in [0.4, 0.5) is 5.69 Å². The van der Waals surface area contributed by atoms with Crippen LogP contribution in [0, 0.1) is 16.0 Å². The van der Waals surface area contributed by atoms with Gasteiger partial charge in [-0.3, -0.25) is 10.1 Å². The molecule has 1 aromatic carbocycles. The van der Waals surface area contributed by atoms with Gasteiger partial charge in [0.2, 0.25) is 0 Å². The second-order valence-electron chi connectivity index (χ2n) is 5.18. The largest absolute Gasteiger partial charge is 0.393 e. The molecule has 1 aliphatic carbocycles. The molecular weight excluding hydrogens is 266 g/mol. The van der Waals surface area contributed by atoms with E-state index in [1.165, 1.54) is 18.9 Å². The van der Waals surface area contributed by atoms with Crippen LogP contribution in [0.1, 0.15) is 37.7 Å². The summed E-state index contributed by atoms with van der Waals surface area (Å²) in [4.78, 5) is 10.5. The lowest BCUT2D eigenvalue weighted by Gasteiger charge is -2.17. The Morgan fingerprint density at radius 1 is 1.42 bits per heavy atom. The third-order valence-electron chi connectivity index (χ3n) is 3.90. The number of aryl methyl sites for hydroxylation is 1. The van der Waals surface area contributed by atoms with E-state index >= 15 is 0 Å². The minimum Gasteiger partial charge on any atom is -0.393 e. The number of aliphatic hydroxyl groups excluding tert-OH is 1. The highest BCUT2D eigenvalue weighted by molar-refractivity contribution is 6.30. The predicted octanol–water partition coefficient (Wildman–Crippen LogP) is 3.73. The Morgan fingerprint density at radius 2 is 2.11 bits per heavy atom. The molecule has 0 heterocycles. The van der Waals surface area contributed by atoms with Gasteiger partial charge in [0.15, 0.2) is 0 Å². The van der Waals surface area contributed by atoms with E-state index in [0.717, 1.165) is 12.8 Å². The molecule has 0 aromatic heterocycles. The van der Waals surface area contributed by atoms with Crippen molar-refractivity contribution in [3.8, 4) is 0 Å². The summed E-state index contributed by atoms with van der Waals surface area (Å²) in [5.41, 5.74) is 0.692. The van der Waals surface area contributed by atoms with Crippen LogP contribution >= 0.6 is 11.6 Å². The summed E-state index contributed by atoms with van der Waals surface area (Å²) in [6.07, 6.45) is 5.26. The fourth-order valence-electron chi connectivity index (χ4n) is 2.80. The Bertz CT molecular complexity index is 458. The van der Waals surface area contributed by atoms with Crippen molar-refractivity contribution in [2.45, 2.75) is 44.6 Å². The quantitative estimate of drug-likeness (QED) is 0.661. The fourth-order valence-corrected chi connectivity index (χ4v) is 2.97. The first-order valence-corrected chi connectivity index (χ1v) is 7.06. The van der Waals surface area contributed by atoms with Gasteiger partial charge in [0.05, 0.1) is 11.0 Å². The van der Waals surface area contributed by atoms with E-state index in [1.54, 1.807) is 12.1 Å². The van der Waals surface area contributed by atoms with Crippen molar-refractivity contribution in [2.75, 3.05) is 0 Å². The molecular formula is C14H18ClNO3. The van der Waals surface area contributed by atoms with Gasteiger partial charge in [-0.1, -0.05) is 30.5 Å². The Balaban J connectivity index is 2.00. The summed E-state index contributed by atoms with van der Waals surface area (Å²) >= 11 is 5.77. The van der Waals surface area contributed by atoms with Crippen LogP contribution in [-0.2, 0) is 6.42 Å². The maximum absolute atomic E-state index is 11.0. The van der Waals surface area contributed by atoms with E-state index in [0.29, 0.717) is 29.3 Å². The van der Waals surface area contributed by atoms with Gasteiger partial charge in [0.25, 0.3) is 5.69 Å². The van der Waals surface area contributed by atoms with Gasteiger partial charge in [-0.05, 0) is 37.7 Å². The monoisotopic (exact) mass is 283 g/mol. The summed E-state index contributed by atoms with van der Waals surface area (Å²) < 4.78 is 0. The molecule has 104 valence electrons. The SMILES string of the molecule is O=[N+]([O-])c1cc(Cl)ccc1CCC(O)C1CCCC1. The van der Waals surface area contributed by atoms with E-state index in [2.05, 4.69) is 0 Å².